The van der Waals surface area contributed by atoms with Crippen molar-refractivity contribution in [3.05, 3.63) is 12.4 Å². The van der Waals surface area contributed by atoms with Gasteiger partial charge in [0.25, 0.3) is 0 Å². The Morgan fingerprint density at radius 2 is 2.22 bits per heavy atom. The summed E-state index contributed by atoms with van der Waals surface area (Å²) in [6.45, 7) is 1.54. The first-order valence-corrected chi connectivity index (χ1v) is 5.38. The summed E-state index contributed by atoms with van der Waals surface area (Å²) in [5, 5.41) is 4.06. The Bertz CT molecular complexity index is 457. The van der Waals surface area contributed by atoms with Crippen molar-refractivity contribution in [2.45, 2.75) is 0 Å². The van der Waals surface area contributed by atoms with Crippen LogP contribution in [0.15, 0.2) is 17.4 Å². The molecule has 1 aromatic rings. The van der Waals surface area contributed by atoms with E-state index in [9.17, 15) is 4.79 Å². The fourth-order valence-corrected chi connectivity index (χ4v) is 1.83. The number of rotatable bonds is 1. The number of nitrogens with two attached hydrogens (primary N) is 1. The van der Waals surface area contributed by atoms with Gasteiger partial charge in [-0.15, -0.1) is 24.0 Å². The Hall–Kier alpha value is -1.32. The summed E-state index contributed by atoms with van der Waals surface area (Å²) < 4.78 is 1.68. The number of carbonyl (C=O) groups is 1. The number of nitrogens with zero attached hydrogens (tertiary/aromatic N) is 5. The van der Waals surface area contributed by atoms with Crippen LogP contribution in [0.5, 0.6) is 0 Å². The molecule has 8 heteroatoms. The highest BCUT2D eigenvalue weighted by atomic mass is 127. The molecule has 0 unspecified atom stereocenters. The molecule has 2 N–H and O–H groups in total. The number of aromatic nitrogens is 2. The fourth-order valence-electron chi connectivity index (χ4n) is 1.83. The standard InChI is InChI=1S/C10H16N6O.HI/c1-12-10(11)15-3-4-16(9(17)7-15)8-5-13-14(2)6-8;/h5-6H,3-4,7H2,1-2H3,(H2,11,12);1H. The van der Waals surface area contributed by atoms with Gasteiger partial charge in [-0.25, -0.2) is 0 Å². The molecule has 1 saturated heterocycles. The molecule has 18 heavy (non-hydrogen) atoms. The number of hydrogen-bond donors (Lipinski definition) is 1. The number of aliphatic imine (C=N–C) groups is 1. The minimum Gasteiger partial charge on any atom is -0.370 e. The van der Waals surface area contributed by atoms with Crippen molar-refractivity contribution >= 4 is 41.5 Å². The van der Waals surface area contributed by atoms with Crippen LogP contribution in [0.25, 0.3) is 0 Å². The topological polar surface area (TPSA) is 79.8 Å². The predicted octanol–water partition coefficient (Wildman–Crippen LogP) is -0.369. The highest BCUT2D eigenvalue weighted by molar-refractivity contribution is 14.0. The largest absolute Gasteiger partial charge is 0.370 e. The lowest BCUT2D eigenvalue weighted by molar-refractivity contribution is -0.120. The average molecular weight is 364 g/mol. The van der Waals surface area contributed by atoms with Crippen molar-refractivity contribution in [1.82, 2.24) is 14.7 Å². The van der Waals surface area contributed by atoms with Gasteiger partial charge < -0.3 is 15.5 Å². The number of hydrogen-bond acceptors (Lipinski definition) is 3. The zero-order chi connectivity index (χ0) is 12.4. The zero-order valence-corrected chi connectivity index (χ0v) is 12.7. The normalized spacial score (nSPS) is 16.8. The minimum absolute atomic E-state index is 0. The van der Waals surface area contributed by atoms with Gasteiger partial charge in [0.1, 0.15) is 6.54 Å². The number of aryl methyl sites for hydroxylation is 1. The molecule has 1 aliphatic rings. The van der Waals surface area contributed by atoms with E-state index in [1.807, 2.05) is 13.2 Å². The maximum Gasteiger partial charge on any atom is 0.246 e. The Balaban J connectivity index is 0.00000162. The number of guanidine groups is 1. The lowest BCUT2D eigenvalue weighted by atomic mass is 10.3. The van der Waals surface area contributed by atoms with Gasteiger partial charge >= 0.3 is 0 Å². The third-order valence-electron chi connectivity index (χ3n) is 2.78. The smallest absolute Gasteiger partial charge is 0.246 e. The van der Waals surface area contributed by atoms with Crippen molar-refractivity contribution in [2.24, 2.45) is 17.8 Å². The first-order chi connectivity index (χ1) is 8.11. The van der Waals surface area contributed by atoms with Crippen LogP contribution >= 0.6 is 24.0 Å². The summed E-state index contributed by atoms with van der Waals surface area (Å²) in [6.07, 6.45) is 3.51. The van der Waals surface area contributed by atoms with Gasteiger partial charge in [-0.3, -0.25) is 14.5 Å². The summed E-state index contributed by atoms with van der Waals surface area (Å²) in [7, 11) is 3.44. The molecular formula is C10H17IN6O. The molecule has 100 valence electrons. The fraction of sp³-hybridized carbons (Fsp3) is 0.500. The second-order valence-electron chi connectivity index (χ2n) is 3.92. The summed E-state index contributed by atoms with van der Waals surface area (Å²) in [4.78, 5) is 19.3. The van der Waals surface area contributed by atoms with Gasteiger partial charge in [-0.2, -0.15) is 5.10 Å². The molecule has 1 aliphatic heterocycles. The number of amides is 1. The van der Waals surface area contributed by atoms with Gasteiger partial charge in [-0.05, 0) is 0 Å². The highest BCUT2D eigenvalue weighted by Gasteiger charge is 2.26. The van der Waals surface area contributed by atoms with E-state index < -0.39 is 0 Å². The van der Waals surface area contributed by atoms with Crippen LogP contribution in [0.2, 0.25) is 0 Å². The Kier molecular flexibility index (Phi) is 4.93. The van der Waals surface area contributed by atoms with E-state index in [1.54, 1.807) is 27.7 Å². The molecular weight excluding hydrogens is 347 g/mol. The van der Waals surface area contributed by atoms with Crippen molar-refractivity contribution in [3.8, 4) is 0 Å². The van der Waals surface area contributed by atoms with Crippen LogP contribution < -0.4 is 10.6 Å². The van der Waals surface area contributed by atoms with Gasteiger partial charge in [0, 0.05) is 33.4 Å². The van der Waals surface area contributed by atoms with Gasteiger partial charge in [0.2, 0.25) is 5.91 Å². The van der Waals surface area contributed by atoms with Crippen molar-refractivity contribution in [1.29, 1.82) is 0 Å². The Morgan fingerprint density at radius 3 is 2.72 bits per heavy atom. The molecule has 0 atom stereocenters. The molecule has 0 aliphatic carbocycles. The number of carbonyl (C=O) groups excluding carboxylic acids is 1. The molecule has 0 aromatic carbocycles. The van der Waals surface area contributed by atoms with Crippen molar-refractivity contribution in [2.75, 3.05) is 31.6 Å². The average Bonchev–Trinajstić information content (AvgIpc) is 2.74. The molecule has 2 rings (SSSR count). The summed E-state index contributed by atoms with van der Waals surface area (Å²) in [5.74, 6) is 0.417. The molecule has 0 radical (unpaired) electrons. The molecule has 0 spiro atoms. The predicted molar refractivity (Wildman–Crippen MR) is 80.1 cm³/mol. The van der Waals surface area contributed by atoms with Crippen LogP contribution in [0.4, 0.5) is 5.69 Å². The summed E-state index contributed by atoms with van der Waals surface area (Å²) in [6, 6.07) is 0. The van der Waals surface area contributed by atoms with E-state index in [2.05, 4.69) is 10.1 Å². The highest BCUT2D eigenvalue weighted by Crippen LogP contribution is 2.15. The van der Waals surface area contributed by atoms with E-state index in [0.29, 0.717) is 19.0 Å². The van der Waals surface area contributed by atoms with Crippen LogP contribution in [0, 0.1) is 0 Å². The summed E-state index contributed by atoms with van der Waals surface area (Å²) >= 11 is 0. The lowest BCUT2D eigenvalue weighted by Gasteiger charge is -2.33. The molecule has 7 nitrogen and oxygen atoms in total. The first kappa shape index (κ1) is 14.7. The monoisotopic (exact) mass is 364 g/mol. The molecule has 1 aromatic heterocycles. The van der Waals surface area contributed by atoms with Gasteiger partial charge in [0.05, 0.1) is 11.9 Å². The van der Waals surface area contributed by atoms with Crippen LogP contribution in [-0.2, 0) is 11.8 Å². The third kappa shape index (κ3) is 2.92. The maximum absolute atomic E-state index is 12.0. The third-order valence-corrected chi connectivity index (χ3v) is 2.78. The van der Waals surface area contributed by atoms with Crippen molar-refractivity contribution in [3.63, 3.8) is 0 Å². The molecule has 2 heterocycles. The van der Waals surface area contributed by atoms with Crippen LogP contribution in [0.1, 0.15) is 0 Å². The lowest BCUT2D eigenvalue weighted by Crippen LogP contribution is -2.54. The summed E-state index contributed by atoms with van der Waals surface area (Å²) in [5.41, 5.74) is 6.51. The van der Waals surface area contributed by atoms with E-state index in [0.717, 1.165) is 5.69 Å². The van der Waals surface area contributed by atoms with E-state index >= 15 is 0 Å². The zero-order valence-electron chi connectivity index (χ0n) is 10.4. The SMILES string of the molecule is CN=C(N)N1CCN(c2cnn(C)c2)C(=O)C1.I. The van der Waals surface area contributed by atoms with Gasteiger partial charge in [0.15, 0.2) is 5.96 Å². The van der Waals surface area contributed by atoms with Crippen molar-refractivity contribution < 1.29 is 4.79 Å². The molecule has 0 saturated carbocycles. The van der Waals surface area contributed by atoms with Gasteiger partial charge in [-0.1, -0.05) is 0 Å². The Morgan fingerprint density at radius 1 is 1.50 bits per heavy atom. The second kappa shape index (κ2) is 6.03. The van der Waals surface area contributed by atoms with Crippen LogP contribution in [0.3, 0.4) is 0 Å². The maximum atomic E-state index is 12.0. The number of halogens is 1. The van der Waals surface area contributed by atoms with E-state index in [4.69, 9.17) is 5.73 Å². The number of piperazine rings is 1. The second-order valence-corrected chi connectivity index (χ2v) is 3.92. The first-order valence-electron chi connectivity index (χ1n) is 5.38. The molecule has 1 fully saturated rings. The Labute approximate surface area is 123 Å². The molecule has 0 bridgehead atoms. The van der Waals surface area contributed by atoms with Crippen LogP contribution in [-0.4, -0.2) is 53.2 Å². The van der Waals surface area contributed by atoms with E-state index in [-0.39, 0.29) is 36.4 Å². The minimum atomic E-state index is 0. The number of anilines is 1. The van der Waals surface area contributed by atoms with E-state index in [1.165, 1.54) is 0 Å². The quantitative estimate of drug-likeness (QED) is 0.419. The molecule has 1 amide bonds.